The quantitative estimate of drug-likeness (QED) is 0.325. The molecule has 0 aliphatic heterocycles. The minimum Gasteiger partial charge on any atom is -0.358 e. The van der Waals surface area contributed by atoms with Crippen molar-refractivity contribution in [1.29, 1.82) is 0 Å². The monoisotopic (exact) mass is 329 g/mol. The van der Waals surface area contributed by atoms with E-state index >= 15 is 0 Å². The van der Waals surface area contributed by atoms with Crippen LogP contribution >= 0.6 is 0 Å². The second-order valence-electron chi connectivity index (χ2n) is 5.90. The Morgan fingerprint density at radius 3 is 1.89 bits per heavy atom. The van der Waals surface area contributed by atoms with Crippen molar-refractivity contribution in [2.75, 3.05) is 0 Å². The molecule has 0 amide bonds. The predicted octanol–water partition coefficient (Wildman–Crippen LogP) is 6.32. The van der Waals surface area contributed by atoms with E-state index in [9.17, 15) is 0 Å². The Morgan fingerprint density at radius 2 is 1.39 bits per heavy atom. The van der Waals surface area contributed by atoms with Crippen molar-refractivity contribution in [3.8, 4) is 0 Å². The molecule has 0 N–H and O–H groups in total. The van der Waals surface area contributed by atoms with Gasteiger partial charge in [-0.3, -0.25) is 0 Å². The fraction of sp³-hybridized carbons (Fsp3) is 0.882. The molecule has 0 saturated heterocycles. The van der Waals surface area contributed by atoms with Gasteiger partial charge in [-0.2, -0.15) is 6.42 Å². The van der Waals surface area contributed by atoms with Gasteiger partial charge in [-0.15, -0.1) is 0 Å². The molecule has 0 aliphatic carbocycles. The predicted molar refractivity (Wildman–Crippen MR) is 81.9 cm³/mol. The summed E-state index contributed by atoms with van der Waals surface area (Å²) in [5.74, 6) is 2.75. The second-order valence-corrected chi connectivity index (χ2v) is 5.90. The summed E-state index contributed by atoms with van der Waals surface area (Å²) in [5, 5.41) is 0. The van der Waals surface area contributed by atoms with Gasteiger partial charge in [0.1, 0.15) is 0 Å². The molecule has 0 fully saturated rings. The van der Waals surface area contributed by atoms with Crippen molar-refractivity contribution in [2.24, 2.45) is 17.8 Å². The normalized spacial score (nSPS) is 15.2. The van der Waals surface area contributed by atoms with Crippen LogP contribution in [0.1, 0.15) is 79.1 Å². The molecule has 1 radical (unpaired) electrons. The van der Waals surface area contributed by atoms with Crippen LogP contribution in [0.15, 0.2) is 0 Å². The first-order valence-electron chi connectivity index (χ1n) is 7.39. The smallest absolute Gasteiger partial charge is 0 e. The topological polar surface area (TPSA) is 0 Å². The molecule has 0 bridgehead atoms. The molecule has 0 aromatic rings. The zero-order chi connectivity index (χ0) is 12.4. The minimum atomic E-state index is 0. The maximum Gasteiger partial charge on any atom is 0 e. The average Bonchev–Trinajstić information content (AvgIpc) is 2.24. The molecule has 1 heteroatoms. The molecule has 3 unspecified atom stereocenters. The third-order valence-electron chi connectivity index (χ3n) is 3.75. The SMILES string of the molecule is [CH2-]CCCCCC(C)CC(C)CC(C)CC.[CH3-].[Y]. The summed E-state index contributed by atoms with van der Waals surface area (Å²) in [6, 6.07) is 0. The van der Waals surface area contributed by atoms with Gasteiger partial charge < -0.3 is 14.4 Å². The molecular weight excluding hydrogens is 293 g/mol. The van der Waals surface area contributed by atoms with E-state index in [1.165, 1.54) is 44.9 Å². The molecule has 0 aromatic heterocycles. The summed E-state index contributed by atoms with van der Waals surface area (Å²) in [5.41, 5.74) is 0. The van der Waals surface area contributed by atoms with Gasteiger partial charge >= 0.3 is 0 Å². The van der Waals surface area contributed by atoms with Gasteiger partial charge in [0.05, 0.1) is 0 Å². The summed E-state index contributed by atoms with van der Waals surface area (Å²) in [4.78, 5) is 0. The molecule has 0 aliphatic rings. The number of hydrogen-bond acceptors (Lipinski definition) is 0. The molecular formula is C17H36Y-2. The molecule has 0 aromatic carbocycles. The van der Waals surface area contributed by atoms with Crippen LogP contribution in [0.3, 0.4) is 0 Å². The first-order chi connectivity index (χ1) is 7.60. The van der Waals surface area contributed by atoms with Gasteiger partial charge in [0, 0.05) is 32.7 Å². The summed E-state index contributed by atoms with van der Waals surface area (Å²) in [6.45, 7) is 13.4. The average molecular weight is 329 g/mol. The van der Waals surface area contributed by atoms with Crippen molar-refractivity contribution in [1.82, 2.24) is 0 Å². The molecule has 18 heavy (non-hydrogen) atoms. The molecule has 0 heterocycles. The van der Waals surface area contributed by atoms with E-state index in [-0.39, 0.29) is 40.1 Å². The zero-order valence-electron chi connectivity index (χ0n) is 13.7. The second kappa shape index (κ2) is 16.2. The Bertz CT molecular complexity index is 145. The van der Waals surface area contributed by atoms with Crippen molar-refractivity contribution in [3.05, 3.63) is 14.4 Å². The number of rotatable bonds is 10. The summed E-state index contributed by atoms with van der Waals surface area (Å²) in [6.07, 6.45) is 10.8. The van der Waals surface area contributed by atoms with Crippen molar-refractivity contribution in [2.45, 2.75) is 79.1 Å². The maximum absolute atomic E-state index is 3.89. The van der Waals surface area contributed by atoms with Crippen LogP contribution in [-0.2, 0) is 32.7 Å². The maximum atomic E-state index is 3.89. The third-order valence-corrected chi connectivity index (χ3v) is 3.75. The molecule has 0 nitrogen and oxygen atoms in total. The standard InChI is InChI=1S/C16H33.CH3.Y/c1-6-8-9-10-11-15(4)13-16(5)12-14(3)7-2;;/h14-16H,1,6-13H2,2-5H3;1H3;/q2*-1;. The van der Waals surface area contributed by atoms with Crippen LogP contribution in [0, 0.1) is 32.1 Å². The molecule has 109 valence electrons. The van der Waals surface area contributed by atoms with E-state index in [2.05, 4.69) is 34.6 Å². The van der Waals surface area contributed by atoms with E-state index in [1.807, 2.05) is 0 Å². The first-order valence-corrected chi connectivity index (χ1v) is 7.39. The Morgan fingerprint density at radius 1 is 0.833 bits per heavy atom. The van der Waals surface area contributed by atoms with Gasteiger partial charge in [-0.25, -0.2) is 0 Å². The van der Waals surface area contributed by atoms with Crippen molar-refractivity contribution < 1.29 is 32.7 Å². The summed E-state index contributed by atoms with van der Waals surface area (Å²) in [7, 11) is 0. The van der Waals surface area contributed by atoms with Gasteiger partial charge in [-0.05, 0) is 30.6 Å². The number of hydrogen-bond donors (Lipinski definition) is 0. The molecule has 0 saturated carbocycles. The summed E-state index contributed by atoms with van der Waals surface area (Å²) >= 11 is 0. The van der Waals surface area contributed by atoms with E-state index in [0.717, 1.165) is 24.2 Å². The largest absolute Gasteiger partial charge is 0.358 e. The fourth-order valence-corrected chi connectivity index (χ4v) is 2.60. The van der Waals surface area contributed by atoms with Crippen LogP contribution in [0.25, 0.3) is 0 Å². The summed E-state index contributed by atoms with van der Waals surface area (Å²) < 4.78 is 0. The first kappa shape index (κ1) is 24.1. The van der Waals surface area contributed by atoms with Crippen LogP contribution < -0.4 is 0 Å². The van der Waals surface area contributed by atoms with Gasteiger partial charge in [0.25, 0.3) is 0 Å². The molecule has 3 atom stereocenters. The molecule has 0 spiro atoms. The minimum absolute atomic E-state index is 0. The van der Waals surface area contributed by atoms with Gasteiger partial charge in [-0.1, -0.05) is 59.8 Å². The van der Waals surface area contributed by atoms with Gasteiger partial charge in [0.15, 0.2) is 0 Å². The van der Waals surface area contributed by atoms with E-state index in [0.29, 0.717) is 0 Å². The van der Waals surface area contributed by atoms with Crippen LogP contribution in [0.4, 0.5) is 0 Å². The van der Waals surface area contributed by atoms with Crippen molar-refractivity contribution >= 4 is 0 Å². The Labute approximate surface area is 143 Å². The third kappa shape index (κ3) is 15.2. The zero-order valence-corrected chi connectivity index (χ0v) is 16.5. The number of unbranched alkanes of at least 4 members (excludes halogenated alkanes) is 3. The Balaban J connectivity index is -0.00000112. The fourth-order valence-electron chi connectivity index (χ4n) is 2.60. The van der Waals surface area contributed by atoms with Crippen LogP contribution in [-0.4, -0.2) is 0 Å². The van der Waals surface area contributed by atoms with E-state index in [1.54, 1.807) is 0 Å². The Kier molecular flexibility index (Phi) is 21.7. The molecule has 0 rings (SSSR count). The van der Waals surface area contributed by atoms with Gasteiger partial charge in [0.2, 0.25) is 0 Å². The van der Waals surface area contributed by atoms with Crippen molar-refractivity contribution in [3.63, 3.8) is 0 Å². The van der Waals surface area contributed by atoms with E-state index < -0.39 is 0 Å². The van der Waals surface area contributed by atoms with Crippen LogP contribution in [0.2, 0.25) is 0 Å². The van der Waals surface area contributed by atoms with E-state index in [4.69, 9.17) is 0 Å². The Hall–Kier alpha value is 1.10. The van der Waals surface area contributed by atoms with Crippen LogP contribution in [0.5, 0.6) is 0 Å².